The number of aliphatic hydroxyl groups excluding tert-OH is 3. The van der Waals surface area contributed by atoms with E-state index in [4.69, 9.17) is 4.74 Å². The van der Waals surface area contributed by atoms with E-state index < -0.39 is 35.8 Å². The van der Waals surface area contributed by atoms with E-state index in [0.717, 1.165) is 5.56 Å². The Labute approximate surface area is 192 Å². The quantitative estimate of drug-likeness (QED) is 0.423. The molecule has 4 N–H and O–H groups in total. The van der Waals surface area contributed by atoms with Gasteiger partial charge in [0.15, 0.2) is 6.10 Å². The molecule has 1 aliphatic heterocycles. The van der Waals surface area contributed by atoms with Gasteiger partial charge in [-0.05, 0) is 22.8 Å². The van der Waals surface area contributed by atoms with Crippen LogP contribution in [0.1, 0.15) is 22.8 Å². The van der Waals surface area contributed by atoms with Crippen molar-refractivity contribution in [1.29, 1.82) is 0 Å². The molecular formula is C27H26O6. The summed E-state index contributed by atoms with van der Waals surface area (Å²) in [6, 6.07) is 26.6. The average Bonchev–Trinajstić information content (AvgIpc) is 2.86. The van der Waals surface area contributed by atoms with Gasteiger partial charge in [-0.25, -0.2) is 0 Å². The SMILES string of the molecule is O=C([C@H](O)[C@H](O)C(O)Cc1ccccc1)[C@]1(O)C(=Cc2ccccc2)OC1c1ccccc1. The molecule has 170 valence electrons. The van der Waals surface area contributed by atoms with Crippen LogP contribution in [-0.4, -0.2) is 50.1 Å². The maximum absolute atomic E-state index is 13.3. The maximum Gasteiger partial charge on any atom is 0.224 e. The Morgan fingerprint density at radius 1 is 0.879 bits per heavy atom. The van der Waals surface area contributed by atoms with Gasteiger partial charge in [-0.3, -0.25) is 4.79 Å². The van der Waals surface area contributed by atoms with E-state index in [-0.39, 0.29) is 12.2 Å². The molecule has 0 radical (unpaired) electrons. The number of carbonyl (C=O) groups is 1. The van der Waals surface area contributed by atoms with Crippen LogP contribution in [0.5, 0.6) is 0 Å². The molecule has 4 rings (SSSR count). The summed E-state index contributed by atoms with van der Waals surface area (Å²) in [5, 5.41) is 43.2. The van der Waals surface area contributed by atoms with Crippen LogP contribution in [0.25, 0.3) is 6.08 Å². The molecule has 1 fully saturated rings. The van der Waals surface area contributed by atoms with Crippen molar-refractivity contribution in [3.05, 3.63) is 113 Å². The second-order valence-corrected chi connectivity index (χ2v) is 8.15. The number of benzene rings is 3. The summed E-state index contributed by atoms with van der Waals surface area (Å²) in [6.07, 6.45) is -4.73. The number of carbonyl (C=O) groups excluding carboxylic acids is 1. The summed E-state index contributed by atoms with van der Waals surface area (Å²) >= 11 is 0. The molecule has 3 aromatic rings. The van der Waals surface area contributed by atoms with Gasteiger partial charge in [0.1, 0.15) is 18.0 Å². The first-order chi connectivity index (χ1) is 15.9. The number of Topliss-reactive ketones (excluding diaryl/α,β-unsaturated/α-hetero) is 1. The first-order valence-electron chi connectivity index (χ1n) is 10.7. The van der Waals surface area contributed by atoms with E-state index in [2.05, 4.69) is 0 Å². The zero-order valence-corrected chi connectivity index (χ0v) is 17.9. The molecule has 0 aliphatic carbocycles. The summed E-state index contributed by atoms with van der Waals surface area (Å²) < 4.78 is 5.79. The highest BCUT2D eigenvalue weighted by molar-refractivity contribution is 5.97. The molecule has 0 amide bonds. The molecule has 6 heteroatoms. The molecule has 1 heterocycles. The van der Waals surface area contributed by atoms with Crippen LogP contribution in [0.4, 0.5) is 0 Å². The van der Waals surface area contributed by atoms with E-state index in [1.165, 1.54) is 6.08 Å². The highest BCUT2D eigenvalue weighted by Crippen LogP contribution is 2.49. The van der Waals surface area contributed by atoms with Crippen molar-refractivity contribution in [1.82, 2.24) is 0 Å². The molecule has 5 atom stereocenters. The normalized spacial score (nSPS) is 23.8. The second-order valence-electron chi connectivity index (χ2n) is 8.15. The summed E-state index contributed by atoms with van der Waals surface area (Å²) in [5.41, 5.74) is -0.222. The largest absolute Gasteiger partial charge is 0.482 e. The van der Waals surface area contributed by atoms with Gasteiger partial charge in [0.05, 0.1) is 6.10 Å². The van der Waals surface area contributed by atoms with E-state index >= 15 is 0 Å². The zero-order chi connectivity index (χ0) is 23.4. The lowest BCUT2D eigenvalue weighted by Crippen LogP contribution is -2.62. The first-order valence-corrected chi connectivity index (χ1v) is 10.7. The lowest BCUT2D eigenvalue weighted by Gasteiger charge is -2.47. The van der Waals surface area contributed by atoms with Crippen molar-refractivity contribution < 1.29 is 30.0 Å². The van der Waals surface area contributed by atoms with Crippen molar-refractivity contribution in [2.75, 3.05) is 0 Å². The van der Waals surface area contributed by atoms with Crippen LogP contribution < -0.4 is 0 Å². The van der Waals surface area contributed by atoms with Crippen molar-refractivity contribution in [2.24, 2.45) is 0 Å². The predicted octanol–water partition coefficient (Wildman–Crippen LogP) is 2.42. The zero-order valence-electron chi connectivity index (χ0n) is 17.9. The molecule has 0 saturated carbocycles. The van der Waals surface area contributed by atoms with Gasteiger partial charge in [0.2, 0.25) is 11.4 Å². The lowest BCUT2D eigenvalue weighted by molar-refractivity contribution is -0.203. The lowest BCUT2D eigenvalue weighted by atomic mass is 9.76. The van der Waals surface area contributed by atoms with Crippen LogP contribution >= 0.6 is 0 Å². The third-order valence-corrected chi connectivity index (χ3v) is 5.85. The van der Waals surface area contributed by atoms with Crippen LogP contribution in [0, 0.1) is 0 Å². The Balaban J connectivity index is 1.60. The molecule has 0 spiro atoms. The predicted molar refractivity (Wildman–Crippen MR) is 123 cm³/mol. The van der Waals surface area contributed by atoms with E-state index in [9.17, 15) is 25.2 Å². The minimum atomic E-state index is -2.20. The summed E-state index contributed by atoms with van der Waals surface area (Å²) in [4.78, 5) is 13.3. The molecule has 33 heavy (non-hydrogen) atoms. The molecule has 0 aromatic heterocycles. The third-order valence-electron chi connectivity index (χ3n) is 5.85. The average molecular weight is 446 g/mol. The van der Waals surface area contributed by atoms with Crippen molar-refractivity contribution in [2.45, 2.75) is 36.4 Å². The van der Waals surface area contributed by atoms with Gasteiger partial charge in [0.25, 0.3) is 0 Å². The van der Waals surface area contributed by atoms with Gasteiger partial charge in [-0.1, -0.05) is 91.0 Å². The molecule has 1 aliphatic rings. The van der Waals surface area contributed by atoms with Crippen molar-refractivity contribution in [3.63, 3.8) is 0 Å². The number of ketones is 1. The summed E-state index contributed by atoms with van der Waals surface area (Å²) in [7, 11) is 0. The fourth-order valence-electron chi connectivity index (χ4n) is 3.97. The number of aliphatic hydroxyl groups is 4. The topological polar surface area (TPSA) is 107 Å². The van der Waals surface area contributed by atoms with E-state index in [0.29, 0.717) is 11.1 Å². The number of ether oxygens (including phenoxy) is 1. The Morgan fingerprint density at radius 2 is 1.42 bits per heavy atom. The first kappa shape index (κ1) is 22.9. The molecular weight excluding hydrogens is 420 g/mol. The number of rotatable bonds is 8. The second kappa shape index (κ2) is 9.68. The standard InChI is InChI=1S/C27H26O6/c28-21(16-18-10-4-1-5-11-18)23(29)24(30)25(31)27(32)22(17-19-12-6-2-7-13-19)33-26(27)20-14-8-3-9-15-20/h1-15,17,21,23-24,26,28-30,32H,16H2/t21?,23-,24-,26?,27-/m1/s1. The van der Waals surface area contributed by atoms with Crippen LogP contribution in [0.3, 0.4) is 0 Å². The highest BCUT2D eigenvalue weighted by Gasteiger charge is 2.61. The molecule has 3 aromatic carbocycles. The fourth-order valence-corrected chi connectivity index (χ4v) is 3.97. The maximum atomic E-state index is 13.3. The Morgan fingerprint density at radius 3 is 2.03 bits per heavy atom. The van der Waals surface area contributed by atoms with Crippen LogP contribution in [0.2, 0.25) is 0 Å². The van der Waals surface area contributed by atoms with Gasteiger partial charge in [-0.15, -0.1) is 0 Å². The minimum Gasteiger partial charge on any atom is -0.482 e. The van der Waals surface area contributed by atoms with Crippen molar-refractivity contribution in [3.8, 4) is 0 Å². The Bertz CT molecular complexity index is 1100. The van der Waals surface area contributed by atoms with Crippen molar-refractivity contribution >= 4 is 11.9 Å². The van der Waals surface area contributed by atoms with Gasteiger partial charge >= 0.3 is 0 Å². The fraction of sp³-hybridized carbons (Fsp3) is 0.222. The van der Waals surface area contributed by atoms with Crippen LogP contribution in [-0.2, 0) is 16.0 Å². The molecule has 0 bridgehead atoms. The van der Waals surface area contributed by atoms with E-state index in [1.54, 1.807) is 78.9 Å². The van der Waals surface area contributed by atoms with Gasteiger partial charge < -0.3 is 25.2 Å². The third kappa shape index (κ3) is 4.60. The smallest absolute Gasteiger partial charge is 0.224 e. The van der Waals surface area contributed by atoms with Gasteiger partial charge in [-0.2, -0.15) is 0 Å². The molecule has 1 saturated heterocycles. The van der Waals surface area contributed by atoms with Crippen LogP contribution in [0.15, 0.2) is 96.8 Å². The summed E-state index contributed by atoms with van der Waals surface area (Å²) in [5.74, 6) is -1.07. The van der Waals surface area contributed by atoms with Gasteiger partial charge in [0, 0.05) is 6.42 Å². The number of hydrogen-bond acceptors (Lipinski definition) is 6. The molecule has 2 unspecified atom stereocenters. The summed E-state index contributed by atoms with van der Waals surface area (Å²) in [6.45, 7) is 0. The highest BCUT2D eigenvalue weighted by atomic mass is 16.6. The monoisotopic (exact) mass is 446 g/mol. The Hall–Kier alpha value is -3.29. The molecule has 6 nitrogen and oxygen atoms in total. The Kier molecular flexibility index (Phi) is 6.72. The van der Waals surface area contributed by atoms with E-state index in [1.807, 2.05) is 12.1 Å². The number of hydrogen-bond donors (Lipinski definition) is 4. The minimum absolute atomic E-state index is 0.0312.